The Labute approximate surface area is 119 Å². The first-order valence-electron chi connectivity index (χ1n) is 6.63. The first kappa shape index (κ1) is 12.6. The molecule has 1 aromatic carbocycles. The third-order valence-corrected chi connectivity index (χ3v) is 3.90. The van der Waals surface area contributed by atoms with Crippen LogP contribution >= 0.6 is 11.6 Å². The van der Waals surface area contributed by atoms with Crippen LogP contribution < -0.4 is 0 Å². The minimum absolute atomic E-state index is 0.507. The number of rotatable bonds is 2. The van der Waals surface area contributed by atoms with Crippen molar-refractivity contribution in [3.63, 3.8) is 0 Å². The van der Waals surface area contributed by atoms with E-state index in [1.165, 1.54) is 16.7 Å². The predicted molar refractivity (Wildman–Crippen MR) is 78.2 cm³/mol. The summed E-state index contributed by atoms with van der Waals surface area (Å²) in [6.45, 7) is 5.28. The largest absolute Gasteiger partial charge is 0.294 e. The van der Waals surface area contributed by atoms with Crippen LogP contribution in [0.4, 0.5) is 0 Å². The maximum absolute atomic E-state index is 5.98. The standard InChI is InChI=1S/C16H17ClN2/c1-12-9-19(10-13-5-3-2-4-6-13)11-14-8-18-16(17)7-15(12)14/h2-8,12H,9-11H2,1H3. The number of hydrogen-bond donors (Lipinski definition) is 0. The Hall–Kier alpha value is -1.38. The average molecular weight is 273 g/mol. The van der Waals surface area contributed by atoms with Gasteiger partial charge in [0, 0.05) is 25.8 Å². The Kier molecular flexibility index (Phi) is 3.54. The van der Waals surface area contributed by atoms with Crippen molar-refractivity contribution in [2.45, 2.75) is 25.9 Å². The zero-order valence-corrected chi connectivity index (χ0v) is 11.8. The Morgan fingerprint density at radius 3 is 2.89 bits per heavy atom. The van der Waals surface area contributed by atoms with Crippen molar-refractivity contribution >= 4 is 11.6 Å². The zero-order valence-electron chi connectivity index (χ0n) is 11.0. The summed E-state index contributed by atoms with van der Waals surface area (Å²) >= 11 is 5.98. The van der Waals surface area contributed by atoms with Gasteiger partial charge in [-0.25, -0.2) is 4.98 Å². The van der Waals surface area contributed by atoms with Gasteiger partial charge in [-0.15, -0.1) is 0 Å². The van der Waals surface area contributed by atoms with Gasteiger partial charge in [0.2, 0.25) is 0 Å². The maximum Gasteiger partial charge on any atom is 0.129 e. The van der Waals surface area contributed by atoms with Crippen molar-refractivity contribution in [1.82, 2.24) is 9.88 Å². The van der Waals surface area contributed by atoms with E-state index in [1.54, 1.807) is 0 Å². The number of fused-ring (bicyclic) bond motifs is 1. The molecule has 0 amide bonds. The van der Waals surface area contributed by atoms with Gasteiger partial charge in [-0.2, -0.15) is 0 Å². The molecule has 0 fully saturated rings. The first-order valence-corrected chi connectivity index (χ1v) is 7.01. The van der Waals surface area contributed by atoms with Crippen molar-refractivity contribution in [3.05, 3.63) is 64.4 Å². The van der Waals surface area contributed by atoms with Gasteiger partial charge in [-0.05, 0) is 28.7 Å². The summed E-state index contributed by atoms with van der Waals surface area (Å²) in [7, 11) is 0. The second-order valence-electron chi connectivity index (χ2n) is 5.26. The second-order valence-corrected chi connectivity index (χ2v) is 5.65. The van der Waals surface area contributed by atoms with E-state index in [9.17, 15) is 0 Å². The lowest BCUT2D eigenvalue weighted by molar-refractivity contribution is 0.226. The molecular weight excluding hydrogens is 256 g/mol. The molecule has 0 saturated heterocycles. The molecule has 98 valence electrons. The SMILES string of the molecule is CC1CN(Cc2ccccc2)Cc2cnc(Cl)cc21. The van der Waals surface area contributed by atoms with Crippen molar-refractivity contribution in [1.29, 1.82) is 0 Å². The first-order chi connectivity index (χ1) is 9.22. The molecule has 19 heavy (non-hydrogen) atoms. The smallest absolute Gasteiger partial charge is 0.129 e. The van der Waals surface area contributed by atoms with Crippen LogP contribution in [0, 0.1) is 0 Å². The van der Waals surface area contributed by atoms with E-state index in [2.05, 4.69) is 47.1 Å². The third-order valence-electron chi connectivity index (χ3n) is 3.70. The minimum Gasteiger partial charge on any atom is -0.294 e. The lowest BCUT2D eigenvalue weighted by Gasteiger charge is -2.32. The normalized spacial score (nSPS) is 19.2. The van der Waals surface area contributed by atoms with Crippen LogP contribution in [0.3, 0.4) is 0 Å². The van der Waals surface area contributed by atoms with Crippen LogP contribution in [-0.4, -0.2) is 16.4 Å². The van der Waals surface area contributed by atoms with Gasteiger partial charge in [0.1, 0.15) is 5.15 Å². The summed E-state index contributed by atoms with van der Waals surface area (Å²) in [4.78, 5) is 6.68. The van der Waals surface area contributed by atoms with E-state index in [1.807, 2.05) is 12.3 Å². The van der Waals surface area contributed by atoms with Gasteiger partial charge in [-0.3, -0.25) is 4.90 Å². The lowest BCUT2D eigenvalue weighted by Crippen LogP contribution is -2.32. The summed E-state index contributed by atoms with van der Waals surface area (Å²) in [5.74, 6) is 0.507. The number of halogens is 1. The molecule has 0 N–H and O–H groups in total. The number of pyridine rings is 1. The van der Waals surface area contributed by atoms with E-state index in [4.69, 9.17) is 11.6 Å². The molecule has 1 atom stereocenters. The number of nitrogens with zero attached hydrogens (tertiary/aromatic N) is 2. The van der Waals surface area contributed by atoms with Crippen LogP contribution in [0.5, 0.6) is 0 Å². The fourth-order valence-electron chi connectivity index (χ4n) is 2.82. The summed E-state index contributed by atoms with van der Waals surface area (Å²) in [5.41, 5.74) is 4.02. The molecule has 1 aliphatic rings. The summed E-state index contributed by atoms with van der Waals surface area (Å²) in [6.07, 6.45) is 1.92. The minimum atomic E-state index is 0.507. The van der Waals surface area contributed by atoms with E-state index in [0.29, 0.717) is 11.1 Å². The molecular formula is C16H17ClN2. The van der Waals surface area contributed by atoms with Crippen LogP contribution in [0.25, 0.3) is 0 Å². The van der Waals surface area contributed by atoms with Crippen LogP contribution in [0.15, 0.2) is 42.6 Å². The quantitative estimate of drug-likeness (QED) is 0.772. The van der Waals surface area contributed by atoms with Crippen molar-refractivity contribution in [2.24, 2.45) is 0 Å². The summed E-state index contributed by atoms with van der Waals surface area (Å²) in [5, 5.41) is 0.599. The molecule has 1 aliphatic heterocycles. The van der Waals surface area contributed by atoms with Crippen molar-refractivity contribution < 1.29 is 0 Å². The van der Waals surface area contributed by atoms with Gasteiger partial charge in [0.15, 0.2) is 0 Å². The summed E-state index contributed by atoms with van der Waals surface area (Å²) < 4.78 is 0. The molecule has 0 aliphatic carbocycles. The van der Waals surface area contributed by atoms with Gasteiger partial charge in [-0.1, -0.05) is 48.9 Å². The highest BCUT2D eigenvalue weighted by molar-refractivity contribution is 6.29. The van der Waals surface area contributed by atoms with E-state index < -0.39 is 0 Å². The predicted octanol–water partition coefficient (Wildman–Crippen LogP) is 3.85. The molecule has 1 unspecified atom stereocenters. The molecule has 0 spiro atoms. The molecule has 1 aromatic heterocycles. The molecule has 2 nitrogen and oxygen atoms in total. The van der Waals surface area contributed by atoms with E-state index >= 15 is 0 Å². The van der Waals surface area contributed by atoms with Crippen LogP contribution in [0.2, 0.25) is 5.15 Å². The fraction of sp³-hybridized carbons (Fsp3) is 0.312. The number of benzene rings is 1. The molecule has 3 heteroatoms. The van der Waals surface area contributed by atoms with Crippen LogP contribution in [0.1, 0.15) is 29.5 Å². The molecule has 2 aromatic rings. The van der Waals surface area contributed by atoms with Crippen LogP contribution in [-0.2, 0) is 13.1 Å². The highest BCUT2D eigenvalue weighted by Crippen LogP contribution is 2.29. The zero-order chi connectivity index (χ0) is 13.2. The topological polar surface area (TPSA) is 16.1 Å². The average Bonchev–Trinajstić information content (AvgIpc) is 2.41. The highest BCUT2D eigenvalue weighted by atomic mass is 35.5. The van der Waals surface area contributed by atoms with Gasteiger partial charge in [0.25, 0.3) is 0 Å². The van der Waals surface area contributed by atoms with E-state index in [-0.39, 0.29) is 0 Å². The highest BCUT2D eigenvalue weighted by Gasteiger charge is 2.22. The van der Waals surface area contributed by atoms with Gasteiger partial charge < -0.3 is 0 Å². The lowest BCUT2D eigenvalue weighted by atomic mass is 9.92. The van der Waals surface area contributed by atoms with Crippen molar-refractivity contribution in [3.8, 4) is 0 Å². The van der Waals surface area contributed by atoms with Gasteiger partial charge >= 0.3 is 0 Å². The van der Waals surface area contributed by atoms with Crippen molar-refractivity contribution in [2.75, 3.05) is 6.54 Å². The monoisotopic (exact) mass is 272 g/mol. The molecule has 0 saturated carbocycles. The fourth-order valence-corrected chi connectivity index (χ4v) is 2.98. The molecule has 2 heterocycles. The Balaban J connectivity index is 1.80. The number of aromatic nitrogens is 1. The summed E-state index contributed by atoms with van der Waals surface area (Å²) in [6, 6.07) is 12.6. The van der Waals surface area contributed by atoms with E-state index in [0.717, 1.165) is 19.6 Å². The van der Waals surface area contributed by atoms with Gasteiger partial charge in [0.05, 0.1) is 0 Å². The third kappa shape index (κ3) is 2.80. The number of hydrogen-bond acceptors (Lipinski definition) is 2. The second kappa shape index (κ2) is 5.32. The maximum atomic E-state index is 5.98. The Morgan fingerprint density at radius 1 is 1.32 bits per heavy atom. The Bertz CT molecular complexity index is 568. The molecule has 3 rings (SSSR count). The molecule has 0 radical (unpaired) electrons. The molecule has 0 bridgehead atoms. The Morgan fingerprint density at radius 2 is 2.11 bits per heavy atom.